The molecule has 37 heavy (non-hydrogen) atoms. The third-order valence-electron chi connectivity index (χ3n) is 6.22. The summed E-state index contributed by atoms with van der Waals surface area (Å²) in [5.74, 6) is 1.70. The standard InChI is InChI=1S/C24H22N4O2.C6H7N/c1-15-26-21-8-4-18(13-22(21)27-15)17-5-9-23-19(12-17)14-28(10-11-30-23)24(29)16-2-6-20(25)7-3-16;7-6-4-2-1-3-5-6/h2-9,12-13H,10-11,14,25H2,1H3,(H,26,27);1-5H,7H2. The number of carbonyl (C=O) groups is 1. The van der Waals surface area contributed by atoms with E-state index in [1.165, 1.54) is 0 Å². The van der Waals surface area contributed by atoms with Crippen LogP contribution in [0, 0.1) is 6.92 Å². The van der Waals surface area contributed by atoms with Gasteiger partial charge in [-0.15, -0.1) is 0 Å². The van der Waals surface area contributed by atoms with E-state index in [4.69, 9.17) is 16.2 Å². The molecule has 1 aliphatic heterocycles. The Kier molecular flexibility index (Phi) is 6.76. The first kappa shape index (κ1) is 23.9. The van der Waals surface area contributed by atoms with Crippen LogP contribution in [0.3, 0.4) is 0 Å². The molecule has 0 bridgehead atoms. The number of fused-ring (bicyclic) bond motifs is 2. The van der Waals surface area contributed by atoms with Crippen molar-refractivity contribution in [2.45, 2.75) is 13.5 Å². The fourth-order valence-electron chi connectivity index (χ4n) is 4.33. The Morgan fingerprint density at radius 2 is 1.59 bits per heavy atom. The van der Waals surface area contributed by atoms with Crippen molar-refractivity contribution in [3.05, 3.63) is 108 Å². The van der Waals surface area contributed by atoms with E-state index < -0.39 is 0 Å². The first-order chi connectivity index (χ1) is 18.0. The number of anilines is 2. The van der Waals surface area contributed by atoms with E-state index >= 15 is 0 Å². The number of nitrogen functional groups attached to an aromatic ring is 2. The smallest absolute Gasteiger partial charge is 0.254 e. The minimum atomic E-state index is -0.0220. The summed E-state index contributed by atoms with van der Waals surface area (Å²) < 4.78 is 5.92. The Balaban J connectivity index is 0.000000348. The van der Waals surface area contributed by atoms with Gasteiger partial charge in [0.15, 0.2) is 0 Å². The molecule has 0 unspecified atom stereocenters. The Bertz CT molecular complexity index is 1530. The van der Waals surface area contributed by atoms with Gasteiger partial charge in [-0.3, -0.25) is 4.79 Å². The number of carbonyl (C=O) groups excluding carboxylic acids is 1. The molecule has 4 aromatic carbocycles. The van der Waals surface area contributed by atoms with Crippen molar-refractivity contribution in [1.82, 2.24) is 14.9 Å². The number of ether oxygens (including phenoxy) is 1. The summed E-state index contributed by atoms with van der Waals surface area (Å²) in [6, 6.07) is 28.9. The van der Waals surface area contributed by atoms with Crippen LogP contribution >= 0.6 is 0 Å². The topological polar surface area (TPSA) is 110 Å². The van der Waals surface area contributed by atoms with Gasteiger partial charge in [-0.2, -0.15) is 0 Å². The first-order valence-corrected chi connectivity index (χ1v) is 12.1. The molecule has 0 aliphatic carbocycles. The number of hydrogen-bond acceptors (Lipinski definition) is 5. The van der Waals surface area contributed by atoms with E-state index in [0.717, 1.165) is 45.0 Å². The van der Waals surface area contributed by atoms with E-state index in [1.807, 2.05) is 54.3 Å². The second kappa shape index (κ2) is 10.5. The Labute approximate surface area is 215 Å². The van der Waals surface area contributed by atoms with Gasteiger partial charge in [0.1, 0.15) is 18.2 Å². The minimum absolute atomic E-state index is 0.0220. The summed E-state index contributed by atoms with van der Waals surface area (Å²) >= 11 is 0. The average Bonchev–Trinajstić information content (AvgIpc) is 3.15. The van der Waals surface area contributed by atoms with E-state index in [9.17, 15) is 4.79 Å². The van der Waals surface area contributed by atoms with Gasteiger partial charge in [-0.05, 0) is 78.7 Å². The second-order valence-electron chi connectivity index (χ2n) is 8.98. The van der Waals surface area contributed by atoms with Crippen molar-refractivity contribution in [2.24, 2.45) is 0 Å². The predicted molar refractivity (Wildman–Crippen MR) is 148 cm³/mol. The zero-order valence-corrected chi connectivity index (χ0v) is 20.6. The number of benzene rings is 4. The SMILES string of the molecule is Cc1nc2ccc(-c3ccc4c(c3)CN(C(=O)c3ccc(N)cc3)CCO4)cc2[nH]1.Nc1ccccc1. The number of imidazole rings is 1. The number of H-pyrrole nitrogens is 1. The van der Waals surface area contributed by atoms with E-state index in [0.29, 0.717) is 30.9 Å². The van der Waals surface area contributed by atoms with Gasteiger partial charge in [0, 0.05) is 29.0 Å². The number of para-hydroxylation sites is 1. The Morgan fingerprint density at radius 3 is 2.32 bits per heavy atom. The second-order valence-corrected chi connectivity index (χ2v) is 8.98. The average molecular weight is 492 g/mol. The molecule has 5 aromatic rings. The van der Waals surface area contributed by atoms with Crippen molar-refractivity contribution in [1.29, 1.82) is 0 Å². The fraction of sp³-hybridized carbons (Fsp3) is 0.133. The highest BCUT2D eigenvalue weighted by molar-refractivity contribution is 5.94. The molecule has 1 aliphatic rings. The molecule has 0 fully saturated rings. The number of aromatic amines is 1. The molecule has 2 heterocycles. The maximum Gasteiger partial charge on any atom is 0.254 e. The highest BCUT2D eigenvalue weighted by Gasteiger charge is 2.21. The molecule has 7 heteroatoms. The first-order valence-electron chi connectivity index (χ1n) is 12.1. The lowest BCUT2D eigenvalue weighted by Gasteiger charge is -2.20. The van der Waals surface area contributed by atoms with Crippen LogP contribution in [-0.4, -0.2) is 33.9 Å². The number of aromatic nitrogens is 2. The van der Waals surface area contributed by atoms with E-state index in [2.05, 4.69) is 34.2 Å². The molecule has 0 saturated carbocycles. The zero-order valence-electron chi connectivity index (χ0n) is 20.6. The summed E-state index contributed by atoms with van der Waals surface area (Å²) in [4.78, 5) is 22.6. The Hall–Kier alpha value is -4.78. The lowest BCUT2D eigenvalue weighted by Crippen LogP contribution is -2.32. The number of nitrogens with one attached hydrogen (secondary N) is 1. The van der Waals surface area contributed by atoms with Crippen LogP contribution in [-0.2, 0) is 6.54 Å². The van der Waals surface area contributed by atoms with Crippen LogP contribution in [0.25, 0.3) is 22.2 Å². The summed E-state index contributed by atoms with van der Waals surface area (Å²) in [5, 5.41) is 0. The zero-order chi connectivity index (χ0) is 25.8. The molecule has 5 N–H and O–H groups in total. The monoisotopic (exact) mass is 491 g/mol. The van der Waals surface area contributed by atoms with Crippen LogP contribution in [0.4, 0.5) is 11.4 Å². The van der Waals surface area contributed by atoms with Crippen molar-refractivity contribution in [3.63, 3.8) is 0 Å². The van der Waals surface area contributed by atoms with Crippen LogP contribution in [0.15, 0.2) is 91.0 Å². The number of nitrogens with zero attached hydrogens (tertiary/aromatic N) is 2. The number of aryl methyl sites for hydroxylation is 1. The fourth-order valence-corrected chi connectivity index (χ4v) is 4.33. The van der Waals surface area contributed by atoms with E-state index in [-0.39, 0.29) is 5.91 Å². The molecule has 7 nitrogen and oxygen atoms in total. The number of hydrogen-bond donors (Lipinski definition) is 3. The van der Waals surface area contributed by atoms with Crippen LogP contribution in [0.5, 0.6) is 5.75 Å². The Morgan fingerprint density at radius 1 is 0.892 bits per heavy atom. The normalized spacial score (nSPS) is 12.6. The lowest BCUT2D eigenvalue weighted by molar-refractivity contribution is 0.0733. The van der Waals surface area contributed by atoms with Crippen molar-refractivity contribution >= 4 is 28.3 Å². The summed E-state index contributed by atoms with van der Waals surface area (Å²) in [6.07, 6.45) is 0. The largest absolute Gasteiger partial charge is 0.491 e. The summed E-state index contributed by atoms with van der Waals surface area (Å²) in [7, 11) is 0. The molecule has 0 radical (unpaired) electrons. The molecular formula is C30H29N5O2. The van der Waals surface area contributed by atoms with Crippen molar-refractivity contribution < 1.29 is 9.53 Å². The van der Waals surface area contributed by atoms with Crippen molar-refractivity contribution in [2.75, 3.05) is 24.6 Å². The highest BCUT2D eigenvalue weighted by Crippen LogP contribution is 2.31. The molecule has 1 aromatic heterocycles. The van der Waals surface area contributed by atoms with Crippen molar-refractivity contribution in [3.8, 4) is 16.9 Å². The van der Waals surface area contributed by atoms with Gasteiger partial charge >= 0.3 is 0 Å². The van der Waals surface area contributed by atoms with Gasteiger partial charge < -0.3 is 26.1 Å². The van der Waals surface area contributed by atoms with Crippen LogP contribution < -0.4 is 16.2 Å². The quantitative estimate of drug-likeness (QED) is 0.286. The summed E-state index contributed by atoms with van der Waals surface area (Å²) in [5.41, 5.74) is 18.3. The highest BCUT2D eigenvalue weighted by atomic mass is 16.5. The van der Waals surface area contributed by atoms with Gasteiger partial charge in [0.2, 0.25) is 0 Å². The predicted octanol–water partition coefficient (Wildman–Crippen LogP) is 5.42. The molecule has 0 saturated heterocycles. The van der Waals surface area contributed by atoms with Gasteiger partial charge in [0.25, 0.3) is 5.91 Å². The lowest BCUT2D eigenvalue weighted by atomic mass is 10.0. The van der Waals surface area contributed by atoms with Crippen LogP contribution in [0.1, 0.15) is 21.7 Å². The molecule has 186 valence electrons. The number of amides is 1. The maximum absolute atomic E-state index is 13.0. The van der Waals surface area contributed by atoms with Crippen LogP contribution in [0.2, 0.25) is 0 Å². The third-order valence-corrected chi connectivity index (χ3v) is 6.22. The number of rotatable bonds is 2. The van der Waals surface area contributed by atoms with Gasteiger partial charge in [-0.1, -0.05) is 30.3 Å². The third kappa shape index (κ3) is 5.56. The summed E-state index contributed by atoms with van der Waals surface area (Å²) in [6.45, 7) is 3.45. The molecular weight excluding hydrogens is 462 g/mol. The van der Waals surface area contributed by atoms with E-state index in [1.54, 1.807) is 24.3 Å². The molecule has 0 spiro atoms. The number of nitrogens with two attached hydrogens (primary N) is 2. The molecule has 6 rings (SSSR count). The van der Waals surface area contributed by atoms with Gasteiger partial charge in [-0.25, -0.2) is 4.98 Å². The molecule has 0 atom stereocenters. The maximum atomic E-state index is 13.0. The van der Waals surface area contributed by atoms with Gasteiger partial charge in [0.05, 0.1) is 17.6 Å². The molecule has 1 amide bonds. The minimum Gasteiger partial charge on any atom is -0.491 e.